The van der Waals surface area contributed by atoms with Gasteiger partial charge < -0.3 is 18.9 Å². The summed E-state index contributed by atoms with van der Waals surface area (Å²) in [7, 11) is 2.99. The number of rotatable bonds is 8. The quantitative estimate of drug-likeness (QED) is 0.552. The van der Waals surface area contributed by atoms with Gasteiger partial charge in [-0.3, -0.25) is 0 Å². The fraction of sp³-hybridized carbons (Fsp3) is 0.278. The van der Waals surface area contributed by atoms with E-state index in [9.17, 15) is 4.79 Å². The van der Waals surface area contributed by atoms with Crippen molar-refractivity contribution in [3.8, 4) is 17.2 Å². The van der Waals surface area contributed by atoms with Crippen LogP contribution in [0.25, 0.3) is 0 Å². The minimum Gasteiger partial charge on any atom is -0.497 e. The van der Waals surface area contributed by atoms with Crippen molar-refractivity contribution in [2.75, 3.05) is 27.4 Å². The monoisotopic (exact) mass is 316 g/mol. The molecule has 5 heteroatoms. The molecule has 0 fully saturated rings. The average molecular weight is 316 g/mol. The van der Waals surface area contributed by atoms with Crippen LogP contribution in [-0.4, -0.2) is 33.4 Å². The van der Waals surface area contributed by atoms with Crippen LogP contribution >= 0.6 is 0 Å². The van der Waals surface area contributed by atoms with E-state index in [0.29, 0.717) is 24.5 Å². The minimum atomic E-state index is -0.357. The van der Waals surface area contributed by atoms with Gasteiger partial charge in [0.2, 0.25) is 0 Å². The lowest BCUT2D eigenvalue weighted by molar-refractivity contribution is 0.0600. The van der Waals surface area contributed by atoms with Gasteiger partial charge in [-0.25, -0.2) is 4.79 Å². The molecule has 2 rings (SSSR count). The lowest BCUT2D eigenvalue weighted by atomic mass is 10.2. The van der Waals surface area contributed by atoms with E-state index in [4.69, 9.17) is 14.2 Å². The van der Waals surface area contributed by atoms with Gasteiger partial charge in [-0.1, -0.05) is 0 Å². The highest BCUT2D eigenvalue weighted by atomic mass is 16.5. The Kier molecular flexibility index (Phi) is 6.29. The van der Waals surface area contributed by atoms with Gasteiger partial charge in [-0.15, -0.1) is 0 Å². The molecule has 0 unspecified atom stereocenters. The number of carbonyl (C=O) groups excluding carboxylic acids is 1. The summed E-state index contributed by atoms with van der Waals surface area (Å²) >= 11 is 0. The molecule has 0 saturated heterocycles. The first kappa shape index (κ1) is 16.7. The van der Waals surface area contributed by atoms with E-state index in [1.54, 1.807) is 31.4 Å². The largest absolute Gasteiger partial charge is 0.497 e. The van der Waals surface area contributed by atoms with Crippen LogP contribution in [0.4, 0.5) is 0 Å². The summed E-state index contributed by atoms with van der Waals surface area (Å²) in [6.07, 6.45) is 0.755. The van der Waals surface area contributed by atoms with E-state index in [1.165, 1.54) is 7.11 Å². The zero-order valence-corrected chi connectivity index (χ0v) is 13.3. The van der Waals surface area contributed by atoms with Crippen LogP contribution in [0.15, 0.2) is 48.5 Å². The summed E-state index contributed by atoms with van der Waals surface area (Å²) in [6, 6.07) is 14.3. The van der Waals surface area contributed by atoms with Gasteiger partial charge in [0.25, 0.3) is 0 Å². The van der Waals surface area contributed by atoms with E-state index < -0.39 is 0 Å². The summed E-state index contributed by atoms with van der Waals surface area (Å²) in [5.41, 5.74) is 0.502. The first-order valence-electron chi connectivity index (χ1n) is 7.31. The second kappa shape index (κ2) is 8.68. The van der Waals surface area contributed by atoms with Gasteiger partial charge in [0.15, 0.2) is 0 Å². The number of hydrogen-bond acceptors (Lipinski definition) is 5. The molecule has 5 nitrogen and oxygen atoms in total. The smallest absolute Gasteiger partial charge is 0.337 e. The van der Waals surface area contributed by atoms with Gasteiger partial charge in [0.1, 0.15) is 17.2 Å². The Bertz CT molecular complexity index is 604. The van der Waals surface area contributed by atoms with Crippen LogP contribution in [-0.2, 0) is 4.74 Å². The third kappa shape index (κ3) is 5.21. The molecule has 0 spiro atoms. The summed E-state index contributed by atoms with van der Waals surface area (Å²) in [6.45, 7) is 1.10. The van der Waals surface area contributed by atoms with E-state index in [0.717, 1.165) is 17.9 Å². The fourth-order valence-electron chi connectivity index (χ4n) is 1.92. The topological polar surface area (TPSA) is 54.0 Å². The molecule has 0 bridgehead atoms. The Morgan fingerprint density at radius 3 is 1.74 bits per heavy atom. The third-order valence-corrected chi connectivity index (χ3v) is 3.16. The van der Waals surface area contributed by atoms with Gasteiger partial charge >= 0.3 is 5.97 Å². The van der Waals surface area contributed by atoms with Crippen LogP contribution in [0.5, 0.6) is 17.2 Å². The molecule has 2 aromatic carbocycles. The Hall–Kier alpha value is -2.69. The minimum absolute atomic E-state index is 0.357. The Balaban J connectivity index is 1.67. The number of hydrogen-bond donors (Lipinski definition) is 0. The SMILES string of the molecule is COC(=O)c1ccc(OCCCOc2ccc(OC)cc2)cc1. The first-order valence-corrected chi connectivity index (χ1v) is 7.31. The van der Waals surface area contributed by atoms with Crippen LogP contribution < -0.4 is 14.2 Å². The van der Waals surface area contributed by atoms with Crippen molar-refractivity contribution in [2.24, 2.45) is 0 Å². The third-order valence-electron chi connectivity index (χ3n) is 3.16. The van der Waals surface area contributed by atoms with Crippen molar-refractivity contribution in [3.63, 3.8) is 0 Å². The lowest BCUT2D eigenvalue weighted by Crippen LogP contribution is -2.05. The normalized spacial score (nSPS) is 10.0. The van der Waals surface area contributed by atoms with Crippen molar-refractivity contribution in [1.82, 2.24) is 0 Å². The van der Waals surface area contributed by atoms with Crippen molar-refractivity contribution >= 4 is 5.97 Å². The Labute approximate surface area is 135 Å². The predicted molar refractivity (Wildman–Crippen MR) is 86.4 cm³/mol. The maximum atomic E-state index is 11.3. The van der Waals surface area contributed by atoms with Gasteiger partial charge in [-0.2, -0.15) is 0 Å². The molecule has 0 radical (unpaired) electrons. The Morgan fingerprint density at radius 1 is 0.783 bits per heavy atom. The molecule has 0 heterocycles. The molecule has 23 heavy (non-hydrogen) atoms. The van der Waals surface area contributed by atoms with E-state index in [-0.39, 0.29) is 5.97 Å². The van der Waals surface area contributed by atoms with Crippen LogP contribution in [0, 0.1) is 0 Å². The zero-order valence-electron chi connectivity index (χ0n) is 13.3. The van der Waals surface area contributed by atoms with Crippen molar-refractivity contribution in [2.45, 2.75) is 6.42 Å². The van der Waals surface area contributed by atoms with Crippen molar-refractivity contribution in [1.29, 1.82) is 0 Å². The first-order chi connectivity index (χ1) is 11.2. The summed E-state index contributed by atoms with van der Waals surface area (Å²) in [5.74, 6) is 1.95. The molecule has 2 aromatic rings. The number of ether oxygens (including phenoxy) is 4. The van der Waals surface area contributed by atoms with Crippen molar-refractivity contribution in [3.05, 3.63) is 54.1 Å². The molecule has 0 aliphatic rings. The number of methoxy groups -OCH3 is 2. The fourth-order valence-corrected chi connectivity index (χ4v) is 1.92. The molecule has 0 aliphatic heterocycles. The van der Waals surface area contributed by atoms with Crippen LogP contribution in [0.1, 0.15) is 16.8 Å². The van der Waals surface area contributed by atoms with E-state index in [2.05, 4.69) is 4.74 Å². The lowest BCUT2D eigenvalue weighted by Gasteiger charge is -2.09. The second-order valence-corrected chi connectivity index (χ2v) is 4.74. The molecule has 0 aliphatic carbocycles. The highest BCUT2D eigenvalue weighted by Gasteiger charge is 2.04. The van der Waals surface area contributed by atoms with Crippen LogP contribution in [0.2, 0.25) is 0 Å². The second-order valence-electron chi connectivity index (χ2n) is 4.74. The maximum Gasteiger partial charge on any atom is 0.337 e. The molecule has 0 N–H and O–H groups in total. The molecule has 0 amide bonds. The number of carbonyl (C=O) groups is 1. The highest BCUT2D eigenvalue weighted by molar-refractivity contribution is 5.89. The molecule has 0 atom stereocenters. The highest BCUT2D eigenvalue weighted by Crippen LogP contribution is 2.17. The number of esters is 1. The zero-order chi connectivity index (χ0) is 16.5. The molecule has 0 saturated carbocycles. The van der Waals surface area contributed by atoms with Gasteiger partial charge in [0.05, 0.1) is 33.0 Å². The Morgan fingerprint density at radius 2 is 1.26 bits per heavy atom. The van der Waals surface area contributed by atoms with Crippen LogP contribution in [0.3, 0.4) is 0 Å². The van der Waals surface area contributed by atoms with Crippen molar-refractivity contribution < 1.29 is 23.7 Å². The number of benzene rings is 2. The molecular formula is C18H20O5. The predicted octanol–water partition coefficient (Wildman–Crippen LogP) is 3.33. The summed E-state index contributed by atoms with van der Waals surface area (Å²) < 4.78 is 20.9. The van der Waals surface area contributed by atoms with E-state index in [1.807, 2.05) is 24.3 Å². The summed E-state index contributed by atoms with van der Waals surface area (Å²) in [5, 5.41) is 0. The molecular weight excluding hydrogens is 296 g/mol. The molecule has 122 valence electrons. The molecule has 0 aromatic heterocycles. The summed E-state index contributed by atoms with van der Waals surface area (Å²) in [4.78, 5) is 11.3. The standard InChI is InChI=1S/C18H20O5/c1-20-15-8-10-17(11-9-15)23-13-3-12-22-16-6-4-14(5-7-16)18(19)21-2/h4-11H,3,12-13H2,1-2H3. The van der Waals surface area contributed by atoms with Gasteiger partial charge in [0, 0.05) is 6.42 Å². The van der Waals surface area contributed by atoms with E-state index >= 15 is 0 Å². The maximum absolute atomic E-state index is 11.3. The average Bonchev–Trinajstić information content (AvgIpc) is 2.62. The van der Waals surface area contributed by atoms with Gasteiger partial charge in [-0.05, 0) is 48.5 Å².